The number of hydrogen-bond donors (Lipinski definition) is 1. The van der Waals surface area contributed by atoms with Crippen LogP contribution in [0.3, 0.4) is 0 Å². The zero-order valence-corrected chi connectivity index (χ0v) is 12.8. The highest BCUT2D eigenvalue weighted by Gasteiger charge is 2.42. The monoisotopic (exact) mass is 280 g/mol. The molecule has 2 saturated carbocycles. The number of methoxy groups -OCH3 is 1. The molecule has 3 rings (SSSR count). The Morgan fingerprint density at radius 3 is 2.74 bits per heavy atom. The van der Waals surface area contributed by atoms with Gasteiger partial charge in [-0.1, -0.05) is 13.3 Å². The fourth-order valence-corrected chi connectivity index (χ4v) is 3.96. The van der Waals surface area contributed by atoms with Crippen LogP contribution in [-0.4, -0.2) is 18.1 Å². The van der Waals surface area contributed by atoms with E-state index in [9.17, 15) is 0 Å². The highest BCUT2D eigenvalue weighted by Crippen LogP contribution is 2.46. The number of thiazole rings is 1. The number of hydrogen-bond acceptors (Lipinski definition) is 4. The Bertz CT molecular complexity index is 430. The standard InChI is InChI=1S/C15H24N2OS/c1-3-5-12-13(10-16-11-6-7-11)19-14(17-12)15(18-2)8-4-9-15/h11,16H,3-10H2,1-2H3. The summed E-state index contributed by atoms with van der Waals surface area (Å²) < 4.78 is 5.77. The van der Waals surface area contributed by atoms with Crippen molar-refractivity contribution in [1.29, 1.82) is 0 Å². The SMILES string of the molecule is CCCc1nc(C2(OC)CCC2)sc1CNC1CC1. The van der Waals surface area contributed by atoms with Crippen molar-refractivity contribution in [3.8, 4) is 0 Å². The van der Waals surface area contributed by atoms with Gasteiger partial charge in [-0.25, -0.2) is 4.98 Å². The number of ether oxygens (including phenoxy) is 1. The average Bonchev–Trinajstić information content (AvgIpc) is 3.10. The molecule has 2 aliphatic carbocycles. The molecule has 2 fully saturated rings. The van der Waals surface area contributed by atoms with Crippen molar-refractivity contribution in [2.24, 2.45) is 0 Å². The van der Waals surface area contributed by atoms with E-state index < -0.39 is 0 Å². The van der Waals surface area contributed by atoms with Gasteiger partial charge in [0.15, 0.2) is 0 Å². The Balaban J connectivity index is 1.78. The van der Waals surface area contributed by atoms with Gasteiger partial charge in [0.05, 0.1) is 5.69 Å². The molecule has 0 aromatic carbocycles. The lowest BCUT2D eigenvalue weighted by Crippen LogP contribution is -2.35. The summed E-state index contributed by atoms with van der Waals surface area (Å²) in [5.41, 5.74) is 1.25. The zero-order valence-electron chi connectivity index (χ0n) is 12.0. The van der Waals surface area contributed by atoms with E-state index in [1.807, 2.05) is 18.4 Å². The number of aromatic nitrogens is 1. The van der Waals surface area contributed by atoms with Crippen LogP contribution in [0.15, 0.2) is 0 Å². The minimum Gasteiger partial charge on any atom is -0.371 e. The number of aryl methyl sites for hydroxylation is 1. The van der Waals surface area contributed by atoms with Gasteiger partial charge in [-0.3, -0.25) is 0 Å². The predicted molar refractivity (Wildman–Crippen MR) is 78.5 cm³/mol. The molecular weight excluding hydrogens is 256 g/mol. The number of rotatable bonds is 7. The molecule has 106 valence electrons. The maximum Gasteiger partial charge on any atom is 0.125 e. The minimum absolute atomic E-state index is 0.0506. The molecule has 19 heavy (non-hydrogen) atoms. The molecule has 0 saturated heterocycles. The molecule has 2 aliphatic rings. The third-order valence-electron chi connectivity index (χ3n) is 4.34. The molecule has 1 heterocycles. The highest BCUT2D eigenvalue weighted by molar-refractivity contribution is 7.11. The molecule has 0 atom stereocenters. The zero-order chi connectivity index (χ0) is 13.3. The van der Waals surface area contributed by atoms with Gasteiger partial charge in [-0.2, -0.15) is 0 Å². The lowest BCUT2D eigenvalue weighted by atomic mass is 9.80. The summed E-state index contributed by atoms with van der Waals surface area (Å²) in [6.45, 7) is 3.23. The van der Waals surface area contributed by atoms with Gasteiger partial charge in [0, 0.05) is 24.6 Å². The summed E-state index contributed by atoms with van der Waals surface area (Å²) in [5, 5.41) is 4.84. The highest BCUT2D eigenvalue weighted by atomic mass is 32.1. The second kappa shape index (κ2) is 5.51. The fraction of sp³-hybridized carbons (Fsp3) is 0.800. The van der Waals surface area contributed by atoms with Crippen LogP contribution in [0.4, 0.5) is 0 Å². The van der Waals surface area contributed by atoms with E-state index in [-0.39, 0.29) is 5.60 Å². The van der Waals surface area contributed by atoms with E-state index in [2.05, 4.69) is 12.2 Å². The molecule has 0 spiro atoms. The Morgan fingerprint density at radius 1 is 1.42 bits per heavy atom. The fourth-order valence-electron chi connectivity index (χ4n) is 2.68. The summed E-state index contributed by atoms with van der Waals surface area (Å²) in [6.07, 6.45) is 8.49. The molecule has 1 aromatic heterocycles. The Morgan fingerprint density at radius 2 is 2.21 bits per heavy atom. The second-order valence-corrected chi connectivity index (χ2v) is 6.93. The maximum atomic E-state index is 5.77. The molecule has 1 aromatic rings. The van der Waals surface area contributed by atoms with Crippen molar-refractivity contribution < 1.29 is 4.74 Å². The summed E-state index contributed by atoms with van der Waals surface area (Å²) in [4.78, 5) is 6.35. The van der Waals surface area contributed by atoms with Crippen LogP contribution < -0.4 is 5.32 Å². The van der Waals surface area contributed by atoms with E-state index in [1.54, 1.807) is 0 Å². The van der Waals surface area contributed by atoms with E-state index in [4.69, 9.17) is 9.72 Å². The number of nitrogens with one attached hydrogen (secondary N) is 1. The van der Waals surface area contributed by atoms with Gasteiger partial charge in [0.1, 0.15) is 10.6 Å². The van der Waals surface area contributed by atoms with Gasteiger partial charge in [-0.05, 0) is 38.5 Å². The molecule has 4 heteroatoms. The lowest BCUT2D eigenvalue weighted by molar-refractivity contribution is -0.0780. The third-order valence-corrected chi connectivity index (χ3v) is 5.62. The smallest absolute Gasteiger partial charge is 0.125 e. The van der Waals surface area contributed by atoms with Crippen molar-refractivity contribution in [2.75, 3.05) is 7.11 Å². The second-order valence-electron chi connectivity index (χ2n) is 5.85. The lowest BCUT2D eigenvalue weighted by Gasteiger charge is -2.38. The summed E-state index contributed by atoms with van der Waals surface area (Å²) in [5.74, 6) is 0. The van der Waals surface area contributed by atoms with E-state index in [0.29, 0.717) is 0 Å². The van der Waals surface area contributed by atoms with Crippen LogP contribution in [0, 0.1) is 0 Å². The Hall–Kier alpha value is -0.450. The molecule has 0 amide bonds. The molecule has 1 N–H and O–H groups in total. The van der Waals surface area contributed by atoms with Crippen molar-refractivity contribution >= 4 is 11.3 Å². The van der Waals surface area contributed by atoms with Crippen LogP contribution in [0.2, 0.25) is 0 Å². The van der Waals surface area contributed by atoms with Gasteiger partial charge in [-0.15, -0.1) is 11.3 Å². The van der Waals surface area contributed by atoms with Gasteiger partial charge in [0.25, 0.3) is 0 Å². The first-order chi connectivity index (χ1) is 9.27. The topological polar surface area (TPSA) is 34.1 Å². The first-order valence-electron chi connectivity index (χ1n) is 7.55. The van der Waals surface area contributed by atoms with Gasteiger partial charge >= 0.3 is 0 Å². The predicted octanol–water partition coefficient (Wildman–Crippen LogP) is 3.37. The van der Waals surface area contributed by atoms with E-state index in [0.717, 1.165) is 31.8 Å². The average molecular weight is 280 g/mol. The first-order valence-corrected chi connectivity index (χ1v) is 8.36. The van der Waals surface area contributed by atoms with Crippen molar-refractivity contribution in [1.82, 2.24) is 10.3 Å². The van der Waals surface area contributed by atoms with E-state index >= 15 is 0 Å². The van der Waals surface area contributed by atoms with Crippen molar-refractivity contribution in [3.05, 3.63) is 15.6 Å². The third kappa shape index (κ3) is 2.71. The molecular formula is C15H24N2OS. The first kappa shape index (κ1) is 13.5. The summed E-state index contributed by atoms with van der Waals surface area (Å²) in [6, 6.07) is 0.764. The molecule has 0 aliphatic heterocycles. The molecule has 0 unspecified atom stereocenters. The van der Waals surface area contributed by atoms with Crippen LogP contribution in [0.1, 0.15) is 61.0 Å². The molecule has 0 bridgehead atoms. The van der Waals surface area contributed by atoms with Crippen molar-refractivity contribution in [3.63, 3.8) is 0 Å². The normalized spacial score (nSPS) is 21.4. The van der Waals surface area contributed by atoms with E-state index in [1.165, 1.54) is 41.3 Å². The Labute approximate surface area is 119 Å². The van der Waals surface area contributed by atoms with Crippen LogP contribution in [0.25, 0.3) is 0 Å². The molecule has 3 nitrogen and oxygen atoms in total. The summed E-state index contributed by atoms with van der Waals surface area (Å²) >= 11 is 1.88. The molecule has 0 radical (unpaired) electrons. The maximum absolute atomic E-state index is 5.77. The van der Waals surface area contributed by atoms with Gasteiger partial charge in [0.2, 0.25) is 0 Å². The van der Waals surface area contributed by atoms with Crippen LogP contribution in [-0.2, 0) is 23.3 Å². The minimum atomic E-state index is -0.0506. The Kier molecular flexibility index (Phi) is 3.92. The van der Waals surface area contributed by atoms with Gasteiger partial charge < -0.3 is 10.1 Å². The quantitative estimate of drug-likeness (QED) is 0.831. The van der Waals surface area contributed by atoms with Crippen LogP contribution >= 0.6 is 11.3 Å². The summed E-state index contributed by atoms with van der Waals surface area (Å²) in [7, 11) is 1.84. The van der Waals surface area contributed by atoms with Crippen molar-refractivity contribution in [2.45, 2.75) is 70.1 Å². The largest absolute Gasteiger partial charge is 0.371 e. The van der Waals surface area contributed by atoms with Crippen LogP contribution in [0.5, 0.6) is 0 Å². The number of nitrogens with zero attached hydrogens (tertiary/aromatic N) is 1.